The smallest absolute Gasteiger partial charge is 0.0951 e. The highest BCUT2D eigenvalue weighted by atomic mass is 16.3. The molecule has 0 bridgehead atoms. The maximum Gasteiger partial charge on any atom is 0.0951 e. The van der Waals surface area contributed by atoms with Gasteiger partial charge in [0.15, 0.2) is 0 Å². The Labute approximate surface area is 119 Å². The standard InChI is InChI=1S/C16H21N3O/c17-14-5-6-15(13-4-1-8-18-16(13)14)19-9-2-3-12(11-19)7-10-20/h1,4-6,8,12,20H,2-3,7,9-11,17H2. The van der Waals surface area contributed by atoms with Crippen molar-refractivity contribution in [1.82, 2.24) is 4.98 Å². The maximum absolute atomic E-state index is 9.14. The predicted molar refractivity (Wildman–Crippen MR) is 82.8 cm³/mol. The summed E-state index contributed by atoms with van der Waals surface area (Å²) in [5.74, 6) is 0.582. The van der Waals surface area contributed by atoms with E-state index in [1.807, 2.05) is 12.1 Å². The van der Waals surface area contributed by atoms with Gasteiger partial charge in [0.2, 0.25) is 0 Å². The van der Waals surface area contributed by atoms with E-state index in [2.05, 4.69) is 22.0 Å². The molecule has 1 aromatic carbocycles. The van der Waals surface area contributed by atoms with Gasteiger partial charge in [-0.25, -0.2) is 0 Å². The Hall–Kier alpha value is -1.81. The summed E-state index contributed by atoms with van der Waals surface area (Å²) >= 11 is 0. The van der Waals surface area contributed by atoms with Crippen molar-refractivity contribution in [1.29, 1.82) is 0 Å². The van der Waals surface area contributed by atoms with Crippen molar-refractivity contribution < 1.29 is 5.11 Å². The van der Waals surface area contributed by atoms with Gasteiger partial charge in [-0.15, -0.1) is 0 Å². The highest BCUT2D eigenvalue weighted by molar-refractivity contribution is 5.98. The summed E-state index contributed by atoms with van der Waals surface area (Å²) in [7, 11) is 0. The number of anilines is 2. The lowest BCUT2D eigenvalue weighted by Gasteiger charge is -2.35. The molecule has 1 aromatic heterocycles. The fourth-order valence-corrected chi connectivity index (χ4v) is 3.16. The number of aliphatic hydroxyl groups is 1. The highest BCUT2D eigenvalue weighted by Gasteiger charge is 2.21. The van der Waals surface area contributed by atoms with Crippen molar-refractivity contribution in [3.63, 3.8) is 0 Å². The van der Waals surface area contributed by atoms with Crippen molar-refractivity contribution in [2.24, 2.45) is 5.92 Å². The number of pyridine rings is 1. The normalized spacial score (nSPS) is 19.4. The van der Waals surface area contributed by atoms with Crippen molar-refractivity contribution in [3.05, 3.63) is 30.5 Å². The third kappa shape index (κ3) is 2.43. The van der Waals surface area contributed by atoms with E-state index >= 15 is 0 Å². The number of nitrogen functional groups attached to an aromatic ring is 1. The van der Waals surface area contributed by atoms with Crippen molar-refractivity contribution >= 4 is 22.3 Å². The van der Waals surface area contributed by atoms with Crippen molar-refractivity contribution in [2.45, 2.75) is 19.3 Å². The second-order valence-electron chi connectivity index (χ2n) is 5.54. The molecule has 1 unspecified atom stereocenters. The molecule has 106 valence electrons. The molecule has 1 aliphatic heterocycles. The fourth-order valence-electron chi connectivity index (χ4n) is 3.16. The molecular weight excluding hydrogens is 250 g/mol. The zero-order chi connectivity index (χ0) is 13.9. The van der Waals surface area contributed by atoms with Gasteiger partial charge < -0.3 is 15.7 Å². The van der Waals surface area contributed by atoms with Crippen LogP contribution in [0, 0.1) is 5.92 Å². The Balaban J connectivity index is 1.95. The van der Waals surface area contributed by atoms with Gasteiger partial charge in [-0.05, 0) is 49.4 Å². The average molecular weight is 271 g/mol. The second kappa shape index (κ2) is 5.67. The first-order valence-corrected chi connectivity index (χ1v) is 7.28. The summed E-state index contributed by atoms with van der Waals surface area (Å²) in [6.07, 6.45) is 5.06. The molecule has 4 nitrogen and oxygen atoms in total. The first-order valence-electron chi connectivity index (χ1n) is 7.28. The Morgan fingerprint density at radius 1 is 1.35 bits per heavy atom. The number of hydrogen-bond donors (Lipinski definition) is 2. The minimum absolute atomic E-state index is 0.280. The van der Waals surface area contributed by atoms with E-state index < -0.39 is 0 Å². The Kier molecular flexibility index (Phi) is 3.74. The summed E-state index contributed by atoms with van der Waals surface area (Å²) in [5, 5.41) is 10.3. The van der Waals surface area contributed by atoms with Gasteiger partial charge in [0.1, 0.15) is 0 Å². The molecule has 1 aliphatic rings. The van der Waals surface area contributed by atoms with Crippen LogP contribution >= 0.6 is 0 Å². The van der Waals surface area contributed by atoms with E-state index in [1.165, 1.54) is 18.5 Å². The van der Waals surface area contributed by atoms with Gasteiger partial charge in [0.25, 0.3) is 0 Å². The molecule has 1 atom stereocenters. The molecule has 2 aromatic rings. The lowest BCUT2D eigenvalue weighted by molar-refractivity contribution is 0.244. The molecule has 1 saturated heterocycles. The van der Waals surface area contributed by atoms with E-state index in [4.69, 9.17) is 10.8 Å². The predicted octanol–water partition coefficient (Wildman–Crippen LogP) is 2.42. The topological polar surface area (TPSA) is 62.4 Å². The van der Waals surface area contributed by atoms with Crippen LogP contribution in [0.5, 0.6) is 0 Å². The summed E-state index contributed by atoms with van der Waals surface area (Å²) in [4.78, 5) is 6.81. The molecule has 0 amide bonds. The molecule has 0 saturated carbocycles. The number of fused-ring (bicyclic) bond motifs is 1. The van der Waals surface area contributed by atoms with Gasteiger partial charge in [0, 0.05) is 37.0 Å². The Morgan fingerprint density at radius 2 is 2.25 bits per heavy atom. The molecule has 3 rings (SSSR count). The van der Waals surface area contributed by atoms with Gasteiger partial charge in [-0.2, -0.15) is 0 Å². The van der Waals surface area contributed by atoms with Gasteiger partial charge in [-0.3, -0.25) is 4.98 Å². The van der Waals surface area contributed by atoms with Crippen molar-refractivity contribution in [3.8, 4) is 0 Å². The van der Waals surface area contributed by atoms with E-state index in [0.29, 0.717) is 5.92 Å². The molecule has 3 N–H and O–H groups in total. The molecule has 0 radical (unpaired) electrons. The largest absolute Gasteiger partial charge is 0.397 e. The molecule has 0 aliphatic carbocycles. The monoisotopic (exact) mass is 271 g/mol. The zero-order valence-electron chi connectivity index (χ0n) is 11.6. The molecule has 20 heavy (non-hydrogen) atoms. The van der Waals surface area contributed by atoms with E-state index in [1.54, 1.807) is 6.20 Å². The first-order chi connectivity index (χ1) is 9.79. The Bertz CT molecular complexity index is 597. The summed E-state index contributed by atoms with van der Waals surface area (Å²) in [5.41, 5.74) is 8.84. The van der Waals surface area contributed by atoms with Crippen molar-refractivity contribution in [2.75, 3.05) is 30.3 Å². The number of nitrogens with two attached hydrogens (primary N) is 1. The van der Waals surface area contributed by atoms with Crippen LogP contribution in [0.25, 0.3) is 10.9 Å². The number of benzene rings is 1. The number of piperidine rings is 1. The highest BCUT2D eigenvalue weighted by Crippen LogP contribution is 2.32. The quantitative estimate of drug-likeness (QED) is 0.842. The van der Waals surface area contributed by atoms with Crippen LogP contribution in [-0.2, 0) is 0 Å². The molecule has 1 fully saturated rings. The van der Waals surface area contributed by atoms with E-state index in [0.717, 1.165) is 36.1 Å². The lowest BCUT2D eigenvalue weighted by atomic mass is 9.94. The third-order valence-corrected chi connectivity index (χ3v) is 4.17. The number of hydrogen-bond acceptors (Lipinski definition) is 4. The van der Waals surface area contributed by atoms with E-state index in [9.17, 15) is 0 Å². The Morgan fingerprint density at radius 3 is 3.10 bits per heavy atom. The minimum atomic E-state index is 0.280. The fraction of sp³-hybridized carbons (Fsp3) is 0.438. The number of aliphatic hydroxyl groups excluding tert-OH is 1. The molecule has 0 spiro atoms. The van der Waals surface area contributed by atoms with Gasteiger partial charge in [-0.1, -0.05) is 0 Å². The van der Waals surface area contributed by atoms with Crippen LogP contribution in [0.4, 0.5) is 11.4 Å². The number of nitrogens with zero attached hydrogens (tertiary/aromatic N) is 2. The second-order valence-corrected chi connectivity index (χ2v) is 5.54. The van der Waals surface area contributed by atoms with Gasteiger partial charge in [0.05, 0.1) is 11.2 Å². The van der Waals surface area contributed by atoms with E-state index in [-0.39, 0.29) is 6.61 Å². The van der Waals surface area contributed by atoms with Crippen LogP contribution in [0.3, 0.4) is 0 Å². The third-order valence-electron chi connectivity index (χ3n) is 4.17. The number of aromatic nitrogens is 1. The van der Waals surface area contributed by atoms with Crippen LogP contribution in [-0.4, -0.2) is 29.8 Å². The van der Waals surface area contributed by atoms with Gasteiger partial charge >= 0.3 is 0 Å². The van der Waals surface area contributed by atoms with Crippen LogP contribution in [0.15, 0.2) is 30.5 Å². The molecule has 2 heterocycles. The average Bonchev–Trinajstić information content (AvgIpc) is 2.49. The summed E-state index contributed by atoms with van der Waals surface area (Å²) < 4.78 is 0. The zero-order valence-corrected chi connectivity index (χ0v) is 11.6. The maximum atomic E-state index is 9.14. The molecular formula is C16H21N3O. The van der Waals surface area contributed by atoms with Crippen LogP contribution < -0.4 is 10.6 Å². The lowest BCUT2D eigenvalue weighted by Crippen LogP contribution is -2.35. The van der Waals surface area contributed by atoms with Crippen LogP contribution in [0.1, 0.15) is 19.3 Å². The number of rotatable bonds is 3. The SMILES string of the molecule is Nc1ccc(N2CCCC(CCO)C2)c2cccnc12. The van der Waals surface area contributed by atoms with Crippen LogP contribution in [0.2, 0.25) is 0 Å². The first kappa shape index (κ1) is 13.2. The summed E-state index contributed by atoms with van der Waals surface area (Å²) in [6.45, 7) is 2.35. The minimum Gasteiger partial charge on any atom is -0.397 e. The summed E-state index contributed by atoms with van der Waals surface area (Å²) in [6, 6.07) is 8.09. The molecule has 4 heteroatoms.